The number of aliphatic imine (C=N–C) groups is 1. The fourth-order valence-electron chi connectivity index (χ4n) is 3.64. The topological polar surface area (TPSA) is 71.0 Å². The van der Waals surface area contributed by atoms with Gasteiger partial charge in [0.05, 0.1) is 23.7 Å². The Hall–Kier alpha value is -2.51. The van der Waals surface area contributed by atoms with Crippen molar-refractivity contribution in [1.29, 1.82) is 0 Å². The molecule has 1 fully saturated rings. The van der Waals surface area contributed by atoms with Gasteiger partial charge in [0.15, 0.2) is 5.17 Å². The second kappa shape index (κ2) is 9.32. The van der Waals surface area contributed by atoms with Crippen LogP contribution in [0.1, 0.15) is 37.8 Å². The number of amides is 1. The number of thioether (sulfide) groups is 1. The number of carbonyl (C=O) groups is 2. The Morgan fingerprint density at radius 1 is 1.39 bits per heavy atom. The van der Waals surface area contributed by atoms with Gasteiger partial charge >= 0.3 is 5.97 Å². The molecule has 1 aliphatic carbocycles. The molecule has 0 saturated heterocycles. The standard InChI is InChI=1S/C23H24ClN3O3S/c1-3-10-30-22(29)20-14(2)26-23-27(21(20)17-6-4-5-7-18(17)24)16(13-31-23)11-19(28)25-12-15-8-9-15/h3-7,13,15,21H,1,8-12H2,2H3,(H,25,28)/t21-/m1/s1. The normalized spacial score (nSPS) is 20.1. The molecule has 162 valence electrons. The molecule has 2 aliphatic heterocycles. The molecule has 0 aromatic heterocycles. The van der Waals surface area contributed by atoms with E-state index in [1.165, 1.54) is 30.7 Å². The molecule has 0 bridgehead atoms. The van der Waals surface area contributed by atoms with E-state index in [9.17, 15) is 9.59 Å². The number of hydrogen-bond donors (Lipinski definition) is 1. The first kappa shape index (κ1) is 21.7. The number of nitrogens with one attached hydrogen (secondary N) is 1. The van der Waals surface area contributed by atoms with Gasteiger partial charge in [-0.05, 0) is 42.7 Å². The number of benzene rings is 1. The Morgan fingerprint density at radius 2 is 2.16 bits per heavy atom. The third-order valence-electron chi connectivity index (χ3n) is 5.38. The Labute approximate surface area is 191 Å². The monoisotopic (exact) mass is 457 g/mol. The SMILES string of the molecule is C=CCOC(=O)C1=C(C)N=C2SC=C(CC(=O)NCC3CC3)N2[C@@H]1c1ccccc1Cl. The van der Waals surface area contributed by atoms with E-state index in [1.807, 2.05) is 28.5 Å². The van der Waals surface area contributed by atoms with Gasteiger partial charge in [-0.3, -0.25) is 4.79 Å². The van der Waals surface area contributed by atoms with Crippen molar-refractivity contribution in [2.45, 2.75) is 32.2 Å². The summed E-state index contributed by atoms with van der Waals surface area (Å²) in [5.74, 6) is 0.0928. The molecule has 8 heteroatoms. The maximum absolute atomic E-state index is 13.0. The van der Waals surface area contributed by atoms with Gasteiger partial charge in [0, 0.05) is 17.3 Å². The van der Waals surface area contributed by atoms with Crippen LogP contribution < -0.4 is 5.32 Å². The molecule has 0 radical (unpaired) electrons. The van der Waals surface area contributed by atoms with Crippen molar-refractivity contribution in [3.05, 3.63) is 69.9 Å². The van der Waals surface area contributed by atoms with E-state index < -0.39 is 12.0 Å². The molecular weight excluding hydrogens is 434 g/mol. The molecule has 1 N–H and O–H groups in total. The minimum absolute atomic E-state index is 0.0417. The Balaban J connectivity index is 1.67. The van der Waals surface area contributed by atoms with Crippen LogP contribution >= 0.6 is 23.4 Å². The quantitative estimate of drug-likeness (QED) is 0.457. The van der Waals surface area contributed by atoms with E-state index in [1.54, 1.807) is 13.0 Å². The molecule has 0 spiro atoms. The molecule has 31 heavy (non-hydrogen) atoms. The van der Waals surface area contributed by atoms with Crippen LogP contribution in [0.3, 0.4) is 0 Å². The van der Waals surface area contributed by atoms with Crippen molar-refractivity contribution >= 4 is 40.4 Å². The zero-order valence-corrected chi connectivity index (χ0v) is 18.8. The van der Waals surface area contributed by atoms with Crippen LogP contribution in [0.25, 0.3) is 0 Å². The van der Waals surface area contributed by atoms with Crippen molar-refractivity contribution in [2.75, 3.05) is 13.2 Å². The molecule has 0 unspecified atom stereocenters. The van der Waals surface area contributed by atoms with Crippen molar-refractivity contribution in [2.24, 2.45) is 10.9 Å². The number of allylic oxidation sites excluding steroid dienone is 1. The average molecular weight is 458 g/mol. The van der Waals surface area contributed by atoms with Crippen LogP contribution in [-0.2, 0) is 14.3 Å². The van der Waals surface area contributed by atoms with Gasteiger partial charge in [0.2, 0.25) is 5.91 Å². The summed E-state index contributed by atoms with van der Waals surface area (Å²) >= 11 is 7.99. The van der Waals surface area contributed by atoms with Gasteiger partial charge < -0.3 is 15.0 Å². The maximum atomic E-state index is 13.0. The zero-order chi connectivity index (χ0) is 22.0. The number of amidine groups is 1. The van der Waals surface area contributed by atoms with Crippen LogP contribution in [-0.4, -0.2) is 35.1 Å². The van der Waals surface area contributed by atoms with Crippen molar-refractivity contribution in [3.8, 4) is 0 Å². The molecule has 1 amide bonds. The maximum Gasteiger partial charge on any atom is 0.338 e. The van der Waals surface area contributed by atoms with Crippen molar-refractivity contribution in [3.63, 3.8) is 0 Å². The number of esters is 1. The lowest BCUT2D eigenvalue weighted by atomic mass is 9.93. The van der Waals surface area contributed by atoms with Crippen LogP contribution in [0.4, 0.5) is 0 Å². The highest BCUT2D eigenvalue weighted by molar-refractivity contribution is 8.16. The molecule has 1 aromatic carbocycles. The first-order valence-electron chi connectivity index (χ1n) is 10.2. The highest BCUT2D eigenvalue weighted by Crippen LogP contribution is 2.46. The first-order chi connectivity index (χ1) is 15.0. The highest BCUT2D eigenvalue weighted by atomic mass is 35.5. The van der Waals surface area contributed by atoms with Gasteiger partial charge in [-0.2, -0.15) is 0 Å². The van der Waals surface area contributed by atoms with Crippen LogP contribution in [0.5, 0.6) is 0 Å². The van der Waals surface area contributed by atoms with Gasteiger partial charge in [0.25, 0.3) is 0 Å². The lowest BCUT2D eigenvalue weighted by Gasteiger charge is -2.36. The van der Waals surface area contributed by atoms with E-state index in [-0.39, 0.29) is 18.9 Å². The first-order valence-corrected chi connectivity index (χ1v) is 11.5. The number of hydrogen-bond acceptors (Lipinski definition) is 6. The van der Waals surface area contributed by atoms with Crippen LogP contribution in [0.2, 0.25) is 5.02 Å². The van der Waals surface area contributed by atoms with Crippen molar-refractivity contribution in [1.82, 2.24) is 10.2 Å². The van der Waals surface area contributed by atoms with Gasteiger partial charge in [-0.25, -0.2) is 9.79 Å². The van der Waals surface area contributed by atoms with E-state index in [0.717, 1.165) is 11.3 Å². The highest BCUT2D eigenvalue weighted by Gasteiger charge is 2.41. The lowest BCUT2D eigenvalue weighted by molar-refractivity contribution is -0.138. The number of carbonyl (C=O) groups excluding carboxylic acids is 2. The number of ether oxygens (including phenoxy) is 1. The molecule has 2 heterocycles. The number of rotatable bonds is 8. The summed E-state index contributed by atoms with van der Waals surface area (Å²) in [6.07, 6.45) is 4.08. The summed E-state index contributed by atoms with van der Waals surface area (Å²) in [7, 11) is 0. The number of halogens is 1. The molecular formula is C23H24ClN3O3S. The Bertz CT molecular complexity index is 1010. The zero-order valence-electron chi connectivity index (χ0n) is 17.3. The Morgan fingerprint density at radius 3 is 2.87 bits per heavy atom. The fourth-order valence-corrected chi connectivity index (χ4v) is 4.84. The fraction of sp³-hybridized carbons (Fsp3) is 0.348. The largest absolute Gasteiger partial charge is 0.458 e. The van der Waals surface area contributed by atoms with Crippen molar-refractivity contribution < 1.29 is 14.3 Å². The minimum atomic E-state index is -0.531. The van der Waals surface area contributed by atoms with Gasteiger partial charge in [0.1, 0.15) is 6.61 Å². The number of fused-ring (bicyclic) bond motifs is 1. The summed E-state index contributed by atoms with van der Waals surface area (Å²) in [6, 6.07) is 6.87. The van der Waals surface area contributed by atoms with E-state index in [4.69, 9.17) is 16.3 Å². The van der Waals surface area contributed by atoms with Crippen LogP contribution in [0, 0.1) is 5.92 Å². The third-order valence-corrected chi connectivity index (χ3v) is 6.61. The summed E-state index contributed by atoms with van der Waals surface area (Å²) in [6.45, 7) is 6.22. The molecule has 6 nitrogen and oxygen atoms in total. The minimum Gasteiger partial charge on any atom is -0.458 e. The average Bonchev–Trinajstić information content (AvgIpc) is 3.51. The molecule has 3 aliphatic rings. The van der Waals surface area contributed by atoms with E-state index in [0.29, 0.717) is 33.9 Å². The summed E-state index contributed by atoms with van der Waals surface area (Å²) in [5, 5.41) is 6.18. The predicted octanol–water partition coefficient (Wildman–Crippen LogP) is 4.56. The predicted molar refractivity (Wildman–Crippen MR) is 123 cm³/mol. The molecule has 1 saturated carbocycles. The smallest absolute Gasteiger partial charge is 0.338 e. The van der Waals surface area contributed by atoms with E-state index in [2.05, 4.69) is 16.9 Å². The van der Waals surface area contributed by atoms with E-state index >= 15 is 0 Å². The summed E-state index contributed by atoms with van der Waals surface area (Å²) in [4.78, 5) is 32.1. The molecule has 4 rings (SSSR count). The lowest BCUT2D eigenvalue weighted by Crippen LogP contribution is -2.38. The number of nitrogens with zero attached hydrogens (tertiary/aromatic N) is 2. The molecule has 1 aromatic rings. The summed E-state index contributed by atoms with van der Waals surface area (Å²) < 4.78 is 5.37. The van der Waals surface area contributed by atoms with Crippen LogP contribution in [0.15, 0.2) is 64.3 Å². The van der Waals surface area contributed by atoms with Gasteiger partial charge in [-0.1, -0.05) is 54.2 Å². The second-order valence-corrected chi connectivity index (χ2v) is 8.97. The molecule has 1 atom stereocenters. The summed E-state index contributed by atoms with van der Waals surface area (Å²) in [5.41, 5.74) is 2.52. The van der Waals surface area contributed by atoms with Gasteiger partial charge in [-0.15, -0.1) is 0 Å². The second-order valence-electron chi connectivity index (χ2n) is 7.73. The Kier molecular flexibility index (Phi) is 6.53. The third kappa shape index (κ3) is 4.72.